The number of nitrogens with one attached hydrogen (secondary N) is 2. The number of carbonyl (C=O) groups excluding carboxylic acids is 1. The number of rotatable bonds is 4. The van der Waals surface area contributed by atoms with Gasteiger partial charge in [0.25, 0.3) is 0 Å². The minimum atomic E-state index is -0.496. The van der Waals surface area contributed by atoms with E-state index in [0.29, 0.717) is 44.0 Å². The van der Waals surface area contributed by atoms with Gasteiger partial charge in [-0.05, 0) is 24.3 Å². The molecule has 124 valence electrons. The van der Waals surface area contributed by atoms with Crippen LogP contribution in [-0.2, 0) is 4.74 Å². The Balaban J connectivity index is 2.05. The molecule has 0 atom stereocenters. The summed E-state index contributed by atoms with van der Waals surface area (Å²) in [5.41, 5.74) is 2.10. The molecule has 0 aliphatic rings. The van der Waals surface area contributed by atoms with Crippen LogP contribution < -0.4 is 10.1 Å². The van der Waals surface area contributed by atoms with E-state index in [2.05, 4.69) is 15.3 Å². The van der Waals surface area contributed by atoms with E-state index >= 15 is 0 Å². The molecule has 2 aromatic carbocycles. The van der Waals surface area contributed by atoms with Crippen molar-refractivity contribution in [2.45, 2.75) is 0 Å². The third kappa shape index (κ3) is 2.86. The number of hydrogen-bond acceptors (Lipinski definition) is 5. The summed E-state index contributed by atoms with van der Waals surface area (Å²) in [5, 5.41) is 3.89. The van der Waals surface area contributed by atoms with Gasteiger partial charge in [-0.15, -0.1) is 0 Å². The van der Waals surface area contributed by atoms with Gasteiger partial charge in [-0.25, -0.2) is 9.78 Å². The number of carbonyl (C=O) groups is 1. The van der Waals surface area contributed by atoms with E-state index < -0.39 is 5.97 Å². The highest BCUT2D eigenvalue weighted by atomic mass is 35.5. The summed E-state index contributed by atoms with van der Waals surface area (Å²) in [4.78, 5) is 19.3. The Kier molecular flexibility index (Phi) is 4.51. The Morgan fingerprint density at radius 1 is 1.21 bits per heavy atom. The number of esters is 1. The molecule has 0 saturated heterocycles. The molecule has 0 saturated carbocycles. The molecule has 1 aromatic heterocycles. The first-order chi connectivity index (χ1) is 11.5. The topological polar surface area (TPSA) is 76.2 Å². The minimum absolute atomic E-state index is 0.298. The van der Waals surface area contributed by atoms with Crippen molar-refractivity contribution in [3.63, 3.8) is 0 Å². The predicted molar refractivity (Wildman–Crippen MR) is 93.7 cm³/mol. The van der Waals surface area contributed by atoms with Gasteiger partial charge < -0.3 is 19.8 Å². The van der Waals surface area contributed by atoms with Gasteiger partial charge in [-0.1, -0.05) is 29.3 Å². The lowest BCUT2D eigenvalue weighted by Gasteiger charge is -2.06. The van der Waals surface area contributed by atoms with E-state index in [1.165, 1.54) is 14.2 Å². The molecular weight excluding hydrogens is 353 g/mol. The maximum absolute atomic E-state index is 11.8. The van der Waals surface area contributed by atoms with Gasteiger partial charge in [-0.3, -0.25) is 0 Å². The van der Waals surface area contributed by atoms with Crippen LogP contribution in [-0.4, -0.2) is 30.2 Å². The van der Waals surface area contributed by atoms with Crippen molar-refractivity contribution in [1.82, 2.24) is 9.97 Å². The largest absolute Gasteiger partial charge is 0.493 e. The number of methoxy groups -OCH3 is 2. The molecule has 0 unspecified atom stereocenters. The molecule has 3 aromatic rings. The van der Waals surface area contributed by atoms with E-state index in [0.717, 1.165) is 0 Å². The zero-order chi connectivity index (χ0) is 17.3. The van der Waals surface area contributed by atoms with Crippen molar-refractivity contribution >= 4 is 51.8 Å². The lowest BCUT2D eigenvalue weighted by Crippen LogP contribution is -2.04. The Bertz CT molecular complexity index is 924. The van der Waals surface area contributed by atoms with Gasteiger partial charge in [-0.2, -0.15) is 0 Å². The van der Waals surface area contributed by atoms with Crippen molar-refractivity contribution in [2.75, 3.05) is 19.5 Å². The first-order valence-corrected chi connectivity index (χ1v) is 7.66. The van der Waals surface area contributed by atoms with Crippen LogP contribution >= 0.6 is 23.2 Å². The lowest BCUT2D eigenvalue weighted by atomic mass is 10.1. The summed E-state index contributed by atoms with van der Waals surface area (Å²) in [6.45, 7) is 0. The molecule has 0 fully saturated rings. The predicted octanol–water partition coefficient (Wildman–Crippen LogP) is 4.41. The first-order valence-electron chi connectivity index (χ1n) is 6.91. The molecule has 1 heterocycles. The van der Waals surface area contributed by atoms with Crippen molar-refractivity contribution in [1.29, 1.82) is 0 Å². The van der Waals surface area contributed by atoms with Crippen LogP contribution in [0.1, 0.15) is 10.4 Å². The first kappa shape index (κ1) is 16.4. The SMILES string of the molecule is COC(=O)c1ccc2[nH]c(Nc3cccc(Cl)c3Cl)nc2c1OC. The average Bonchev–Trinajstić information content (AvgIpc) is 2.99. The van der Waals surface area contributed by atoms with Crippen molar-refractivity contribution < 1.29 is 14.3 Å². The highest BCUT2D eigenvalue weighted by Gasteiger charge is 2.18. The maximum atomic E-state index is 11.8. The van der Waals surface area contributed by atoms with Crippen LogP contribution in [0, 0.1) is 0 Å². The van der Waals surface area contributed by atoms with Crippen molar-refractivity contribution in [2.24, 2.45) is 0 Å². The second-order valence-electron chi connectivity index (χ2n) is 4.85. The number of H-pyrrole nitrogens is 1. The molecule has 2 N–H and O–H groups in total. The van der Waals surface area contributed by atoms with Crippen LogP contribution in [0.3, 0.4) is 0 Å². The molecule has 0 radical (unpaired) electrons. The van der Waals surface area contributed by atoms with Crippen LogP contribution in [0.2, 0.25) is 10.0 Å². The quantitative estimate of drug-likeness (QED) is 0.669. The van der Waals surface area contributed by atoms with Gasteiger partial charge in [0.15, 0.2) is 5.75 Å². The maximum Gasteiger partial charge on any atom is 0.341 e. The number of anilines is 2. The zero-order valence-corrected chi connectivity index (χ0v) is 14.3. The summed E-state index contributed by atoms with van der Waals surface area (Å²) in [5.74, 6) is 0.277. The number of ether oxygens (including phenoxy) is 2. The van der Waals surface area contributed by atoms with Gasteiger partial charge in [0, 0.05) is 0 Å². The van der Waals surface area contributed by atoms with E-state index in [4.69, 9.17) is 32.7 Å². The highest BCUT2D eigenvalue weighted by molar-refractivity contribution is 6.43. The number of halogens is 2. The number of aromatic amines is 1. The molecule has 3 rings (SSSR count). The Morgan fingerprint density at radius 2 is 2.00 bits per heavy atom. The normalized spacial score (nSPS) is 10.7. The van der Waals surface area contributed by atoms with Crippen LogP contribution in [0.5, 0.6) is 5.75 Å². The fourth-order valence-electron chi connectivity index (χ4n) is 2.31. The van der Waals surface area contributed by atoms with Crippen molar-refractivity contribution in [3.05, 3.63) is 45.9 Å². The summed E-state index contributed by atoms with van der Waals surface area (Å²) >= 11 is 12.2. The lowest BCUT2D eigenvalue weighted by molar-refractivity contribution is 0.0597. The van der Waals surface area contributed by atoms with Gasteiger partial charge >= 0.3 is 5.97 Å². The minimum Gasteiger partial charge on any atom is -0.493 e. The Labute approximate surface area is 147 Å². The van der Waals surface area contributed by atoms with Crippen molar-refractivity contribution in [3.8, 4) is 5.75 Å². The monoisotopic (exact) mass is 365 g/mol. The number of fused-ring (bicyclic) bond motifs is 1. The molecular formula is C16H13Cl2N3O3. The molecule has 24 heavy (non-hydrogen) atoms. The van der Waals surface area contributed by atoms with Gasteiger partial charge in [0.2, 0.25) is 5.95 Å². The number of aromatic nitrogens is 2. The molecule has 0 amide bonds. The molecule has 0 aliphatic carbocycles. The van der Waals surface area contributed by atoms with E-state index in [9.17, 15) is 4.79 Å². The zero-order valence-electron chi connectivity index (χ0n) is 12.8. The molecule has 0 spiro atoms. The fraction of sp³-hybridized carbons (Fsp3) is 0.125. The van der Waals surface area contributed by atoms with E-state index in [1.807, 2.05) is 0 Å². The molecule has 6 nitrogen and oxygen atoms in total. The van der Waals surface area contributed by atoms with Gasteiger partial charge in [0.05, 0.1) is 35.5 Å². The highest BCUT2D eigenvalue weighted by Crippen LogP contribution is 2.33. The summed E-state index contributed by atoms with van der Waals surface area (Å²) in [6.07, 6.45) is 0. The Hall–Kier alpha value is -2.44. The second kappa shape index (κ2) is 6.59. The number of hydrogen-bond donors (Lipinski definition) is 2. The Morgan fingerprint density at radius 3 is 2.71 bits per heavy atom. The summed E-state index contributed by atoms with van der Waals surface area (Å²) in [6, 6.07) is 8.58. The van der Waals surface area contributed by atoms with E-state index in [1.54, 1.807) is 30.3 Å². The number of nitrogens with zero attached hydrogens (tertiary/aromatic N) is 1. The standard InChI is InChI=1S/C16H13Cl2N3O3/c1-23-14-8(15(22)24-2)6-7-11-13(14)21-16(20-11)19-10-5-3-4-9(17)12(10)18/h3-7H,1-2H3,(H2,19,20,21). The van der Waals surface area contributed by atoms with Crippen LogP contribution in [0.15, 0.2) is 30.3 Å². The summed E-state index contributed by atoms with van der Waals surface area (Å²) in [7, 11) is 2.78. The van der Waals surface area contributed by atoms with Gasteiger partial charge in [0.1, 0.15) is 11.1 Å². The number of imidazole rings is 1. The fourth-order valence-corrected chi connectivity index (χ4v) is 2.66. The van der Waals surface area contributed by atoms with Crippen LogP contribution in [0.25, 0.3) is 11.0 Å². The third-order valence-electron chi connectivity index (χ3n) is 3.42. The molecule has 0 bridgehead atoms. The summed E-state index contributed by atoms with van der Waals surface area (Å²) < 4.78 is 10.1. The van der Waals surface area contributed by atoms with E-state index in [-0.39, 0.29) is 0 Å². The molecule has 0 aliphatic heterocycles. The second-order valence-corrected chi connectivity index (χ2v) is 5.63. The third-order valence-corrected chi connectivity index (χ3v) is 4.24. The average molecular weight is 366 g/mol. The van der Waals surface area contributed by atoms with Crippen LogP contribution in [0.4, 0.5) is 11.6 Å². The smallest absolute Gasteiger partial charge is 0.341 e. The number of benzene rings is 2. The molecule has 8 heteroatoms.